The van der Waals surface area contributed by atoms with E-state index in [2.05, 4.69) is 16.5 Å². The Bertz CT molecular complexity index is 44.1. The largest absolute Gasteiger partial charge is 0.312 e. The Kier molecular flexibility index (Phi) is 1.74. The maximum absolute atomic E-state index is 2.21. The average Bonchev–Trinajstić information content (AvgIpc) is 1.31. The lowest BCUT2D eigenvalue weighted by Gasteiger charge is -2.25. The molecule has 6 heavy (non-hydrogen) atoms. The van der Waals surface area contributed by atoms with E-state index in [0.29, 0.717) is 0 Å². The molecule has 1 radical (unpaired) electrons. The molecule has 1 nitrogen and oxygen atoms in total. The first-order valence-electron chi connectivity index (χ1n) is 1.86. The van der Waals surface area contributed by atoms with Crippen molar-refractivity contribution in [2.75, 3.05) is 6.54 Å². The lowest BCUT2D eigenvalue weighted by atomic mass is 10.7. The van der Waals surface area contributed by atoms with Crippen LogP contribution < -0.4 is 0 Å². The summed E-state index contributed by atoms with van der Waals surface area (Å²) in [5.41, 5.74) is 0. The van der Waals surface area contributed by atoms with Crippen LogP contribution in [0.4, 0.5) is 0 Å². The number of rotatable bonds is 1. The van der Waals surface area contributed by atoms with Gasteiger partial charge in [-0.1, -0.05) is 6.92 Å². The molecule has 0 amide bonds. The zero-order valence-corrected chi connectivity index (χ0v) is 5.18. The molecule has 1 saturated heterocycles. The second-order valence-corrected chi connectivity index (χ2v) is 3.26. The molecule has 0 atom stereocenters. The molecule has 1 heterocycles. The van der Waals surface area contributed by atoms with Crippen molar-refractivity contribution in [3.63, 3.8) is 0 Å². The van der Waals surface area contributed by atoms with E-state index in [1.807, 2.05) is 0 Å². The minimum atomic E-state index is 1.14. The third-order valence-corrected chi connectivity index (χ3v) is 2.77. The fraction of sp³-hybridized carbons (Fsp3) is 1.00. The molecule has 0 aliphatic carbocycles. The Morgan fingerprint density at radius 1 is 1.67 bits per heavy atom. The summed E-state index contributed by atoms with van der Waals surface area (Å²) >= 11 is 3.55. The Labute approximate surface area is 47.2 Å². The molecule has 1 aliphatic rings. The molecule has 4 heteroatoms. The second kappa shape index (κ2) is 2.14. The van der Waals surface area contributed by atoms with Crippen molar-refractivity contribution in [1.29, 1.82) is 0 Å². The fourth-order valence-electron chi connectivity index (χ4n) is 0.253. The first-order valence-corrected chi connectivity index (χ1v) is 3.53. The van der Waals surface area contributed by atoms with Crippen LogP contribution in [0.3, 0.4) is 0 Å². The lowest BCUT2D eigenvalue weighted by Crippen LogP contribution is -2.16. The summed E-state index contributed by atoms with van der Waals surface area (Å²) < 4.78 is 2.21. The lowest BCUT2D eigenvalue weighted by molar-refractivity contribution is 0.797. The van der Waals surface area contributed by atoms with Gasteiger partial charge in [-0.15, -0.1) is 23.6 Å². The topological polar surface area (TPSA) is 3.24 Å². The summed E-state index contributed by atoms with van der Waals surface area (Å²) in [6.45, 7) is 3.29. The van der Waals surface area contributed by atoms with Gasteiger partial charge in [0.2, 0.25) is 0 Å². The zero-order chi connectivity index (χ0) is 4.41. The molecule has 0 N–H and O–H groups in total. The van der Waals surface area contributed by atoms with Gasteiger partial charge < -0.3 is 0 Å². The first kappa shape index (κ1) is 4.87. The van der Waals surface area contributed by atoms with E-state index in [0.717, 1.165) is 6.54 Å². The molecule has 0 aromatic carbocycles. The van der Waals surface area contributed by atoms with Crippen LogP contribution in [0.1, 0.15) is 6.92 Å². The van der Waals surface area contributed by atoms with Crippen LogP contribution in [-0.2, 0) is 0 Å². The summed E-state index contributed by atoms with van der Waals surface area (Å²) in [7, 11) is 0. The van der Waals surface area contributed by atoms with Gasteiger partial charge in [0.1, 0.15) is 0 Å². The van der Waals surface area contributed by atoms with Crippen molar-refractivity contribution < 1.29 is 0 Å². The van der Waals surface area contributed by atoms with Gasteiger partial charge in [0.25, 0.3) is 0 Å². The van der Waals surface area contributed by atoms with Crippen molar-refractivity contribution in [2.24, 2.45) is 0 Å². The van der Waals surface area contributed by atoms with E-state index < -0.39 is 0 Å². The van der Waals surface area contributed by atoms with Crippen molar-refractivity contribution in [2.45, 2.75) is 6.92 Å². The molecule has 1 aliphatic heterocycles. The highest BCUT2D eigenvalue weighted by molar-refractivity contribution is 8.60. The molecule has 0 unspecified atom stereocenters. The fourth-order valence-corrected chi connectivity index (χ4v) is 1.38. The van der Waals surface area contributed by atoms with Crippen LogP contribution >= 0.6 is 23.6 Å². The van der Waals surface area contributed by atoms with Gasteiger partial charge in [0.15, 0.2) is 0 Å². The number of hydrogen-bond acceptors (Lipinski definition) is 3. The molecule has 0 bridgehead atoms. The maximum Gasteiger partial charge on any atom is 0.312 e. The third kappa shape index (κ3) is 0.861. The van der Waals surface area contributed by atoms with Crippen LogP contribution in [0.25, 0.3) is 0 Å². The van der Waals surface area contributed by atoms with Crippen LogP contribution in [0.2, 0.25) is 0 Å². The van der Waals surface area contributed by atoms with E-state index in [1.54, 1.807) is 23.6 Å². The predicted octanol–water partition coefficient (Wildman–Crippen LogP) is 1.15. The van der Waals surface area contributed by atoms with Crippen molar-refractivity contribution in [3.05, 3.63) is 0 Å². The maximum atomic E-state index is 2.21. The molecule has 1 rings (SSSR count). The van der Waals surface area contributed by atoms with Gasteiger partial charge in [0.05, 0.1) is 0 Å². The summed E-state index contributed by atoms with van der Waals surface area (Å²) in [4.78, 5) is 0. The molecule has 0 aromatic heterocycles. The summed E-state index contributed by atoms with van der Waals surface area (Å²) in [6, 6.07) is 0. The van der Waals surface area contributed by atoms with Crippen molar-refractivity contribution in [3.8, 4) is 0 Å². The van der Waals surface area contributed by atoms with Gasteiger partial charge in [-0.3, -0.25) is 0 Å². The Morgan fingerprint density at radius 3 is 2.33 bits per heavy atom. The van der Waals surface area contributed by atoms with E-state index in [1.165, 1.54) is 0 Å². The number of nitrogens with zero attached hydrogens (tertiary/aromatic N) is 1. The van der Waals surface area contributed by atoms with Gasteiger partial charge in [-0.2, -0.15) is 0 Å². The molecular weight excluding hydrogens is 113 g/mol. The average molecular weight is 118 g/mol. The number of hydrogen-bond donors (Lipinski definition) is 0. The zero-order valence-electron chi connectivity index (χ0n) is 3.55. The first-order chi connectivity index (χ1) is 2.93. The van der Waals surface area contributed by atoms with E-state index in [-0.39, 0.29) is 0 Å². The molecular formula is C2H5BNS2. The van der Waals surface area contributed by atoms with Crippen molar-refractivity contribution in [1.82, 2.24) is 3.71 Å². The van der Waals surface area contributed by atoms with Crippen LogP contribution in [0, 0.1) is 0 Å². The van der Waals surface area contributed by atoms with Gasteiger partial charge in [-0.25, -0.2) is 3.71 Å². The van der Waals surface area contributed by atoms with Crippen LogP contribution in [0.15, 0.2) is 0 Å². The molecule has 33 valence electrons. The SMILES string of the molecule is CCN1S[B]S1. The minimum absolute atomic E-state index is 1.14. The highest BCUT2D eigenvalue weighted by Crippen LogP contribution is 2.32. The van der Waals surface area contributed by atoms with E-state index >= 15 is 0 Å². The Hall–Kier alpha value is 0.725. The predicted molar refractivity (Wildman–Crippen MR) is 33.3 cm³/mol. The van der Waals surface area contributed by atoms with Gasteiger partial charge >= 0.3 is 5.84 Å². The standard InChI is InChI=1S/C2H5BNS2/c1-2-4-5-3-6-4/h2H2,1H3. The Morgan fingerprint density at radius 2 is 2.33 bits per heavy atom. The molecule has 1 fully saturated rings. The smallest absolute Gasteiger partial charge is 0.215 e. The minimum Gasteiger partial charge on any atom is -0.215 e. The molecule has 0 saturated carbocycles. The van der Waals surface area contributed by atoms with E-state index in [4.69, 9.17) is 0 Å². The molecule has 0 spiro atoms. The highest BCUT2D eigenvalue weighted by Gasteiger charge is 2.13. The Balaban J connectivity index is 2.01. The van der Waals surface area contributed by atoms with Gasteiger partial charge in [0, 0.05) is 6.54 Å². The van der Waals surface area contributed by atoms with Crippen LogP contribution in [0.5, 0.6) is 0 Å². The summed E-state index contributed by atoms with van der Waals surface area (Å²) in [5, 5.41) is 0. The molecule has 0 aromatic rings. The monoisotopic (exact) mass is 118 g/mol. The second-order valence-electron chi connectivity index (χ2n) is 0.956. The highest BCUT2D eigenvalue weighted by atomic mass is 32.3. The summed E-state index contributed by atoms with van der Waals surface area (Å²) in [5.74, 6) is 2.11. The van der Waals surface area contributed by atoms with Gasteiger partial charge in [-0.05, 0) is 0 Å². The van der Waals surface area contributed by atoms with E-state index in [9.17, 15) is 0 Å². The summed E-state index contributed by atoms with van der Waals surface area (Å²) in [6.07, 6.45) is 0. The quantitative estimate of drug-likeness (QED) is 0.375. The third-order valence-electron chi connectivity index (χ3n) is 0.579. The normalized spacial score (nSPS) is 22.2. The van der Waals surface area contributed by atoms with Crippen LogP contribution in [-0.4, -0.2) is 16.1 Å². The van der Waals surface area contributed by atoms with Crippen molar-refractivity contribution >= 4 is 29.4 Å².